The predicted molar refractivity (Wildman–Crippen MR) is 141 cm³/mol. The van der Waals surface area contributed by atoms with Gasteiger partial charge in [0.1, 0.15) is 23.6 Å². The number of fused-ring (bicyclic) bond motifs is 4. The molecule has 3 heterocycles. The van der Waals surface area contributed by atoms with Crippen LogP contribution in [0.2, 0.25) is 0 Å². The standard InChI is InChI=1S/C29H25N5O4/c1-17-4-6-19(7-5-17)18(2)33-37-15-25-31-28-27-26(20-8-11-22(36-3)12-9-20)23-13-10-21(35)14-24(23)38-29(27)30-16-34(28)32-25/h4-14,16,26,35H,15H2,1-3H3. The van der Waals surface area contributed by atoms with Gasteiger partial charge in [-0.2, -0.15) is 0 Å². The highest BCUT2D eigenvalue weighted by molar-refractivity contribution is 5.98. The van der Waals surface area contributed by atoms with Gasteiger partial charge in [0.2, 0.25) is 5.88 Å². The monoisotopic (exact) mass is 507 g/mol. The highest BCUT2D eigenvalue weighted by atomic mass is 16.6. The lowest BCUT2D eigenvalue weighted by atomic mass is 9.84. The number of rotatable bonds is 6. The minimum Gasteiger partial charge on any atom is -0.508 e. The second-order valence-electron chi connectivity index (χ2n) is 9.11. The minimum absolute atomic E-state index is 0.0954. The molecule has 1 atom stereocenters. The van der Waals surface area contributed by atoms with E-state index in [0.717, 1.165) is 33.7 Å². The molecule has 3 aromatic carbocycles. The lowest BCUT2D eigenvalue weighted by molar-refractivity contribution is 0.125. The van der Waals surface area contributed by atoms with E-state index in [9.17, 15) is 5.11 Å². The number of ether oxygens (including phenoxy) is 2. The van der Waals surface area contributed by atoms with Crippen molar-refractivity contribution in [3.05, 3.63) is 107 Å². The van der Waals surface area contributed by atoms with E-state index in [1.807, 2.05) is 68.4 Å². The number of nitrogens with zero attached hydrogens (tertiary/aromatic N) is 5. The van der Waals surface area contributed by atoms with Gasteiger partial charge in [0.15, 0.2) is 18.1 Å². The van der Waals surface area contributed by atoms with Crippen LogP contribution in [-0.4, -0.2) is 37.5 Å². The number of hydrogen-bond donors (Lipinski definition) is 1. The van der Waals surface area contributed by atoms with E-state index in [4.69, 9.17) is 19.3 Å². The molecule has 0 fully saturated rings. The van der Waals surface area contributed by atoms with E-state index >= 15 is 0 Å². The first-order chi connectivity index (χ1) is 18.5. The summed E-state index contributed by atoms with van der Waals surface area (Å²) in [6.07, 6.45) is 1.56. The Morgan fingerprint density at radius 2 is 1.87 bits per heavy atom. The van der Waals surface area contributed by atoms with Crippen LogP contribution < -0.4 is 9.47 Å². The molecule has 5 aromatic rings. The highest BCUT2D eigenvalue weighted by Gasteiger charge is 2.33. The zero-order valence-electron chi connectivity index (χ0n) is 21.1. The summed E-state index contributed by atoms with van der Waals surface area (Å²) < 4.78 is 13.1. The molecule has 1 aliphatic rings. The Morgan fingerprint density at radius 3 is 2.63 bits per heavy atom. The van der Waals surface area contributed by atoms with Gasteiger partial charge < -0.3 is 19.4 Å². The average Bonchev–Trinajstić information content (AvgIpc) is 3.35. The third-order valence-corrected chi connectivity index (χ3v) is 6.55. The fourth-order valence-electron chi connectivity index (χ4n) is 4.59. The minimum atomic E-state index is -0.253. The van der Waals surface area contributed by atoms with Crippen molar-refractivity contribution < 1.29 is 19.4 Å². The van der Waals surface area contributed by atoms with Gasteiger partial charge >= 0.3 is 0 Å². The van der Waals surface area contributed by atoms with Crippen LogP contribution >= 0.6 is 0 Å². The summed E-state index contributed by atoms with van der Waals surface area (Å²) in [6.45, 7) is 4.04. The molecule has 2 aromatic heterocycles. The molecule has 9 heteroatoms. The van der Waals surface area contributed by atoms with Crippen LogP contribution in [0.25, 0.3) is 5.65 Å². The maximum Gasteiger partial charge on any atom is 0.228 e. The third-order valence-electron chi connectivity index (χ3n) is 6.55. The molecule has 38 heavy (non-hydrogen) atoms. The summed E-state index contributed by atoms with van der Waals surface area (Å²) in [5.41, 5.74) is 6.19. The van der Waals surface area contributed by atoms with E-state index in [1.54, 1.807) is 30.1 Å². The summed E-state index contributed by atoms with van der Waals surface area (Å²) in [6, 6.07) is 21.0. The molecule has 0 saturated carbocycles. The van der Waals surface area contributed by atoms with Crippen molar-refractivity contribution in [3.8, 4) is 23.1 Å². The predicted octanol–water partition coefficient (Wildman–Crippen LogP) is 5.37. The molecule has 0 aliphatic carbocycles. The summed E-state index contributed by atoms with van der Waals surface area (Å²) >= 11 is 0. The van der Waals surface area contributed by atoms with Crippen molar-refractivity contribution in [2.75, 3.05) is 7.11 Å². The van der Waals surface area contributed by atoms with Crippen molar-refractivity contribution in [1.82, 2.24) is 19.6 Å². The van der Waals surface area contributed by atoms with Crippen LogP contribution in [-0.2, 0) is 11.4 Å². The second kappa shape index (κ2) is 9.51. The fraction of sp³-hybridized carbons (Fsp3) is 0.172. The molecular weight excluding hydrogens is 482 g/mol. The quantitative estimate of drug-likeness (QED) is 0.239. The molecular formula is C29H25N5O4. The third kappa shape index (κ3) is 4.28. The number of hydrogen-bond acceptors (Lipinski definition) is 8. The molecule has 6 rings (SSSR count). The van der Waals surface area contributed by atoms with Gasteiger partial charge in [-0.25, -0.2) is 14.5 Å². The molecule has 1 unspecified atom stereocenters. The first-order valence-electron chi connectivity index (χ1n) is 12.1. The van der Waals surface area contributed by atoms with E-state index in [-0.39, 0.29) is 18.3 Å². The molecule has 0 spiro atoms. The van der Waals surface area contributed by atoms with Crippen LogP contribution in [0.5, 0.6) is 23.1 Å². The van der Waals surface area contributed by atoms with Crippen LogP contribution in [0.15, 0.2) is 78.2 Å². The lowest BCUT2D eigenvalue weighted by Crippen LogP contribution is -2.15. The fourth-order valence-corrected chi connectivity index (χ4v) is 4.59. The van der Waals surface area contributed by atoms with Gasteiger partial charge in [0, 0.05) is 17.5 Å². The van der Waals surface area contributed by atoms with E-state index in [1.165, 1.54) is 5.56 Å². The topological polar surface area (TPSA) is 103 Å². The Hall–Kier alpha value is -4.92. The van der Waals surface area contributed by atoms with Gasteiger partial charge in [-0.15, -0.1) is 5.10 Å². The Balaban J connectivity index is 1.37. The number of phenolic OH excluding ortho intramolecular Hbond substituents is 1. The largest absolute Gasteiger partial charge is 0.508 e. The molecule has 0 amide bonds. The van der Waals surface area contributed by atoms with Gasteiger partial charge in [0.05, 0.1) is 18.4 Å². The average molecular weight is 508 g/mol. The molecule has 0 radical (unpaired) electrons. The van der Waals surface area contributed by atoms with Crippen LogP contribution in [0.4, 0.5) is 0 Å². The molecule has 9 nitrogen and oxygen atoms in total. The second-order valence-corrected chi connectivity index (χ2v) is 9.11. The maximum atomic E-state index is 10.1. The zero-order chi connectivity index (χ0) is 26.2. The Morgan fingerprint density at radius 1 is 1.08 bits per heavy atom. The van der Waals surface area contributed by atoms with Gasteiger partial charge in [-0.3, -0.25) is 0 Å². The number of methoxy groups -OCH3 is 1. The van der Waals surface area contributed by atoms with Crippen LogP contribution in [0.3, 0.4) is 0 Å². The van der Waals surface area contributed by atoms with E-state index in [2.05, 4.69) is 15.2 Å². The number of aromatic nitrogens is 4. The van der Waals surface area contributed by atoms with Gasteiger partial charge in [-0.05, 0) is 43.2 Å². The lowest BCUT2D eigenvalue weighted by Gasteiger charge is -2.28. The number of phenols is 1. The number of aryl methyl sites for hydroxylation is 1. The summed E-state index contributed by atoms with van der Waals surface area (Å²) in [5, 5.41) is 18.9. The summed E-state index contributed by atoms with van der Waals surface area (Å²) in [7, 11) is 1.64. The Kier molecular flexibility index (Phi) is 5.88. The van der Waals surface area contributed by atoms with E-state index in [0.29, 0.717) is 23.1 Å². The Bertz CT molecular complexity index is 1660. The normalized spacial score (nSPS) is 14.5. The number of oxime groups is 1. The van der Waals surface area contributed by atoms with E-state index < -0.39 is 0 Å². The summed E-state index contributed by atoms with van der Waals surface area (Å²) in [5.74, 6) is 2.03. The molecule has 0 saturated heterocycles. The molecule has 190 valence electrons. The molecule has 1 aliphatic heterocycles. The number of benzene rings is 3. The van der Waals surface area contributed by atoms with Crippen molar-refractivity contribution in [2.45, 2.75) is 26.4 Å². The molecule has 1 N–H and O–H groups in total. The summed E-state index contributed by atoms with van der Waals surface area (Å²) in [4.78, 5) is 14.9. The van der Waals surface area contributed by atoms with Crippen molar-refractivity contribution in [1.29, 1.82) is 0 Å². The first-order valence-corrected chi connectivity index (χ1v) is 12.1. The maximum absolute atomic E-state index is 10.1. The van der Waals surface area contributed by atoms with Crippen LogP contribution in [0.1, 0.15) is 46.5 Å². The SMILES string of the molecule is COc1ccc(C2c3ccc(O)cc3Oc3ncn4nc(CON=C(C)c5ccc(C)cc5)nc4c32)cc1. The Labute approximate surface area is 219 Å². The molecule has 0 bridgehead atoms. The van der Waals surface area contributed by atoms with Gasteiger partial charge in [0.25, 0.3) is 0 Å². The highest BCUT2D eigenvalue weighted by Crippen LogP contribution is 2.48. The van der Waals surface area contributed by atoms with Crippen molar-refractivity contribution in [3.63, 3.8) is 0 Å². The smallest absolute Gasteiger partial charge is 0.228 e. The van der Waals surface area contributed by atoms with Crippen molar-refractivity contribution >= 4 is 11.4 Å². The zero-order valence-corrected chi connectivity index (χ0v) is 21.1. The number of aromatic hydroxyl groups is 1. The first kappa shape index (κ1) is 23.5. The van der Waals surface area contributed by atoms with Crippen LogP contribution in [0, 0.1) is 6.92 Å². The van der Waals surface area contributed by atoms with Gasteiger partial charge in [-0.1, -0.05) is 53.2 Å². The van der Waals surface area contributed by atoms with Crippen molar-refractivity contribution in [2.24, 2.45) is 5.16 Å².